The highest BCUT2D eigenvalue weighted by molar-refractivity contribution is 6.04. The Kier molecular flexibility index (Phi) is 6.34. The maximum atomic E-state index is 15.6. The number of likely N-dealkylation sites (N-methyl/N-ethyl adjacent to an activating group) is 1. The number of nitrogens with zero attached hydrogens (tertiary/aromatic N) is 5. The van der Waals surface area contributed by atoms with Gasteiger partial charge in [-0.15, -0.1) is 0 Å². The first-order valence-corrected chi connectivity index (χ1v) is 13.9. The molecule has 1 saturated carbocycles. The number of amides is 1. The number of hydrogen-bond acceptors (Lipinski definition) is 7. The maximum absolute atomic E-state index is 15.6. The second-order valence-corrected chi connectivity index (χ2v) is 11.2. The minimum atomic E-state index is -2.97. The van der Waals surface area contributed by atoms with Crippen LogP contribution in [0.25, 0.3) is 11.0 Å². The third kappa shape index (κ3) is 4.56. The van der Waals surface area contributed by atoms with Gasteiger partial charge in [0.25, 0.3) is 0 Å². The van der Waals surface area contributed by atoms with Crippen LogP contribution in [0.5, 0.6) is 5.88 Å². The van der Waals surface area contributed by atoms with Gasteiger partial charge in [-0.05, 0) is 43.4 Å². The highest BCUT2D eigenvalue weighted by Crippen LogP contribution is 2.39. The van der Waals surface area contributed by atoms with E-state index in [0.29, 0.717) is 61.3 Å². The predicted octanol–water partition coefficient (Wildman–Crippen LogP) is 3.21. The Hall–Kier alpha value is -3.38. The van der Waals surface area contributed by atoms with Gasteiger partial charge in [-0.1, -0.05) is 0 Å². The summed E-state index contributed by atoms with van der Waals surface area (Å²) < 4.78 is 53.7. The largest absolute Gasteiger partial charge is 0.417 e. The van der Waals surface area contributed by atoms with Gasteiger partial charge >= 0.3 is 6.61 Å². The van der Waals surface area contributed by atoms with Crippen molar-refractivity contribution in [1.29, 1.82) is 0 Å². The zero-order valence-electron chi connectivity index (χ0n) is 22.2. The fourth-order valence-corrected chi connectivity index (χ4v) is 6.34. The number of amidine groups is 1. The molecule has 2 aromatic heterocycles. The Labute approximate surface area is 229 Å². The lowest BCUT2D eigenvalue weighted by Crippen LogP contribution is -2.59. The number of aromatic nitrogens is 2. The first kappa shape index (κ1) is 25.6. The molecule has 2 saturated heterocycles. The minimum Gasteiger partial charge on any atom is -0.417 e. The van der Waals surface area contributed by atoms with E-state index in [2.05, 4.69) is 15.0 Å². The lowest BCUT2D eigenvalue weighted by atomic mass is 9.94. The Morgan fingerprint density at radius 2 is 2.12 bits per heavy atom. The number of likely N-dealkylation sites (tertiary alicyclic amines) is 1. The zero-order chi connectivity index (χ0) is 27.5. The first-order valence-electron chi connectivity index (χ1n) is 13.9. The van der Waals surface area contributed by atoms with Crippen molar-refractivity contribution in [3.05, 3.63) is 47.1 Å². The third-order valence-electron chi connectivity index (χ3n) is 8.48. The van der Waals surface area contributed by atoms with Crippen molar-refractivity contribution >= 4 is 22.8 Å². The summed E-state index contributed by atoms with van der Waals surface area (Å²) in [5.41, 5.74) is 2.09. The Morgan fingerprint density at radius 3 is 2.92 bits per heavy atom. The normalized spacial score (nSPS) is 26.7. The number of rotatable bonds is 6. The van der Waals surface area contributed by atoms with E-state index in [-0.39, 0.29) is 23.9 Å². The summed E-state index contributed by atoms with van der Waals surface area (Å²) >= 11 is 0. The Morgan fingerprint density at radius 1 is 1.27 bits per heavy atom. The van der Waals surface area contributed by atoms with Crippen LogP contribution in [0.15, 0.2) is 46.4 Å². The molecule has 1 N–H and O–H groups in total. The minimum absolute atomic E-state index is 0.0856. The number of hydrogen-bond donors (Lipinski definition) is 1. The van der Waals surface area contributed by atoms with Gasteiger partial charge in [0.15, 0.2) is 5.84 Å². The Bertz CT molecular complexity index is 1450. The predicted molar refractivity (Wildman–Crippen MR) is 141 cm³/mol. The van der Waals surface area contributed by atoms with Gasteiger partial charge in [0.2, 0.25) is 11.8 Å². The molecule has 212 valence electrons. The van der Waals surface area contributed by atoms with Gasteiger partial charge in [0.05, 0.1) is 36.2 Å². The SMILES string of the molecule is CN1C(c2cc3ccc(OC(F)F)nc3n2CC2CC2)=NC2CC(C(=O)N3CC[C@H]4OCCN[C@H]4C3)=CC(F)=C21. The average Bonchev–Trinajstić information content (AvgIpc) is 3.61. The molecule has 0 aromatic carbocycles. The second kappa shape index (κ2) is 9.91. The smallest absolute Gasteiger partial charge is 0.388 e. The standard InChI is InChI=1S/C28H31F3N6O3/c1-35-24-18(29)10-17(27(38)36-8-6-22-20(14-36)32-7-9-39-22)11-19(24)33-26(35)21-12-16-4-5-23(40-28(30)31)34-25(16)37(21)13-15-2-3-15/h4-5,10,12,15,19-20,22,28,32H,2-3,6-9,11,13-14H2,1H3/t19?,20-,22+/m0/s1. The van der Waals surface area contributed by atoms with Crippen molar-refractivity contribution in [2.24, 2.45) is 10.9 Å². The lowest BCUT2D eigenvalue weighted by molar-refractivity contribution is -0.132. The number of carbonyl (C=O) groups excluding carboxylic acids is 1. The van der Waals surface area contributed by atoms with Crippen LogP contribution in [0, 0.1) is 5.92 Å². The van der Waals surface area contributed by atoms with Crippen molar-refractivity contribution in [3.8, 4) is 5.88 Å². The lowest BCUT2D eigenvalue weighted by Gasteiger charge is -2.42. The van der Waals surface area contributed by atoms with Crippen molar-refractivity contribution < 1.29 is 27.4 Å². The number of carbonyl (C=O) groups is 1. The fraction of sp³-hybridized carbons (Fsp3) is 0.536. The highest BCUT2D eigenvalue weighted by atomic mass is 19.3. The van der Waals surface area contributed by atoms with Gasteiger partial charge in [-0.25, -0.2) is 4.39 Å². The quantitative estimate of drug-likeness (QED) is 0.589. The van der Waals surface area contributed by atoms with Gasteiger partial charge in [-0.3, -0.25) is 9.79 Å². The van der Waals surface area contributed by atoms with Crippen LogP contribution in [0.1, 0.15) is 31.4 Å². The van der Waals surface area contributed by atoms with Crippen LogP contribution < -0.4 is 10.1 Å². The topological polar surface area (TPSA) is 84.2 Å². The maximum Gasteiger partial charge on any atom is 0.388 e. The van der Waals surface area contributed by atoms with E-state index >= 15 is 4.39 Å². The summed E-state index contributed by atoms with van der Waals surface area (Å²) in [6.07, 6.45) is 4.66. The van der Waals surface area contributed by atoms with Crippen molar-refractivity contribution in [1.82, 2.24) is 24.7 Å². The van der Waals surface area contributed by atoms with Crippen LogP contribution in [-0.4, -0.2) is 89.2 Å². The molecule has 2 aromatic rings. The van der Waals surface area contributed by atoms with E-state index < -0.39 is 18.5 Å². The van der Waals surface area contributed by atoms with Crippen LogP contribution in [0.2, 0.25) is 0 Å². The van der Waals surface area contributed by atoms with Crippen LogP contribution in [0.4, 0.5) is 13.2 Å². The number of allylic oxidation sites excluding steroid dienone is 2. The number of aliphatic imine (C=N–C) groups is 1. The summed E-state index contributed by atoms with van der Waals surface area (Å²) in [6, 6.07) is 4.58. The van der Waals surface area contributed by atoms with E-state index in [1.165, 1.54) is 12.1 Å². The number of alkyl halides is 2. The second-order valence-electron chi connectivity index (χ2n) is 11.2. The summed E-state index contributed by atoms with van der Waals surface area (Å²) in [6.45, 7) is 0.217. The Balaban J connectivity index is 1.17. The molecule has 40 heavy (non-hydrogen) atoms. The van der Waals surface area contributed by atoms with E-state index in [1.54, 1.807) is 22.9 Å². The number of halogens is 3. The number of piperidine rings is 1. The van der Waals surface area contributed by atoms with E-state index in [9.17, 15) is 13.6 Å². The van der Waals surface area contributed by atoms with Crippen molar-refractivity contribution in [2.75, 3.05) is 33.3 Å². The molecule has 3 aliphatic heterocycles. The number of ether oxygens (including phenoxy) is 2. The van der Waals surface area contributed by atoms with Crippen molar-refractivity contribution in [3.63, 3.8) is 0 Å². The van der Waals surface area contributed by atoms with Gasteiger partial charge < -0.3 is 29.2 Å². The van der Waals surface area contributed by atoms with E-state index in [4.69, 9.17) is 9.73 Å². The monoisotopic (exact) mass is 556 g/mol. The molecule has 0 radical (unpaired) electrons. The summed E-state index contributed by atoms with van der Waals surface area (Å²) in [4.78, 5) is 26.3. The fourth-order valence-electron chi connectivity index (χ4n) is 6.34. The zero-order valence-corrected chi connectivity index (χ0v) is 22.2. The molecule has 1 amide bonds. The molecule has 1 unspecified atom stereocenters. The molecule has 12 heteroatoms. The summed E-state index contributed by atoms with van der Waals surface area (Å²) in [5.74, 6) is 0.243. The van der Waals surface area contributed by atoms with Crippen LogP contribution >= 0.6 is 0 Å². The van der Waals surface area contributed by atoms with E-state index in [0.717, 1.165) is 36.9 Å². The summed E-state index contributed by atoms with van der Waals surface area (Å²) in [5, 5.41) is 4.19. The molecule has 5 heterocycles. The first-order chi connectivity index (χ1) is 19.4. The molecule has 2 aliphatic carbocycles. The number of pyridine rings is 1. The molecular formula is C28H31F3N6O3. The van der Waals surface area contributed by atoms with Gasteiger partial charge in [0, 0.05) is 56.7 Å². The average molecular weight is 557 g/mol. The molecule has 3 fully saturated rings. The van der Waals surface area contributed by atoms with E-state index in [1.807, 2.05) is 10.6 Å². The molecule has 7 rings (SSSR count). The van der Waals surface area contributed by atoms with Crippen molar-refractivity contribution in [2.45, 2.75) is 57.0 Å². The number of nitrogens with one attached hydrogen (secondary N) is 1. The van der Waals surface area contributed by atoms with Crippen LogP contribution in [0.3, 0.4) is 0 Å². The van der Waals surface area contributed by atoms with Gasteiger partial charge in [0.1, 0.15) is 11.5 Å². The molecule has 0 bridgehead atoms. The highest BCUT2D eigenvalue weighted by Gasteiger charge is 2.40. The molecular weight excluding hydrogens is 525 g/mol. The third-order valence-corrected chi connectivity index (χ3v) is 8.48. The number of morpholine rings is 1. The summed E-state index contributed by atoms with van der Waals surface area (Å²) in [7, 11) is 1.77. The molecule has 0 spiro atoms. The van der Waals surface area contributed by atoms with Gasteiger partial charge in [-0.2, -0.15) is 13.8 Å². The van der Waals surface area contributed by atoms with Crippen LogP contribution in [-0.2, 0) is 16.1 Å². The number of fused-ring (bicyclic) bond motifs is 3. The molecule has 5 aliphatic rings. The molecule has 9 nitrogen and oxygen atoms in total. The molecule has 3 atom stereocenters.